The maximum absolute atomic E-state index is 13.7. The number of carbonyl (C=O) groups excluding carboxylic acids is 1. The van der Waals surface area contributed by atoms with Gasteiger partial charge in [-0.1, -0.05) is 18.2 Å². The van der Waals surface area contributed by atoms with Crippen LogP contribution in [0.1, 0.15) is 0 Å². The standard InChI is InChI=1S/C15H6ClF16NO/c16-15(31,32)14(29,30)13(27,28)12(25,26)11(23,24)10(21,22)9(19,20)8(17,18)7(34)33-6-4-2-1-3-5-6/h1-5H,(H,33,34). The highest BCUT2D eigenvalue weighted by atomic mass is 35.5. The third-order valence-electron chi connectivity index (χ3n) is 4.04. The zero-order valence-corrected chi connectivity index (χ0v) is 16.0. The molecule has 1 aromatic rings. The Bertz CT molecular complexity index is 895. The maximum Gasteiger partial charge on any atom is 0.393 e. The molecular formula is C15H6ClF16NO. The minimum Gasteiger partial charge on any atom is -0.321 e. The fraction of sp³-hybridized carbons (Fsp3) is 0.533. The van der Waals surface area contributed by atoms with Gasteiger partial charge in [0.05, 0.1) is 0 Å². The second-order valence-corrected chi connectivity index (χ2v) is 6.81. The van der Waals surface area contributed by atoms with Crippen LogP contribution in [0.25, 0.3) is 0 Å². The smallest absolute Gasteiger partial charge is 0.321 e. The van der Waals surface area contributed by atoms with E-state index in [1.54, 1.807) is 0 Å². The van der Waals surface area contributed by atoms with E-state index in [0.717, 1.165) is 23.5 Å². The number of hydrogen-bond donors (Lipinski definition) is 1. The molecule has 0 heterocycles. The van der Waals surface area contributed by atoms with E-state index < -0.39 is 58.4 Å². The molecule has 0 bridgehead atoms. The van der Waals surface area contributed by atoms with Crippen LogP contribution in [0.5, 0.6) is 0 Å². The molecule has 0 spiro atoms. The van der Waals surface area contributed by atoms with E-state index >= 15 is 0 Å². The van der Waals surface area contributed by atoms with Crippen molar-refractivity contribution in [1.29, 1.82) is 0 Å². The van der Waals surface area contributed by atoms with Crippen molar-refractivity contribution >= 4 is 23.2 Å². The number of para-hydroxylation sites is 1. The molecule has 196 valence electrons. The molecular weight excluding hydrogens is 550 g/mol. The van der Waals surface area contributed by atoms with Gasteiger partial charge in [0.2, 0.25) is 0 Å². The van der Waals surface area contributed by atoms with Gasteiger partial charge in [0.15, 0.2) is 0 Å². The van der Waals surface area contributed by atoms with E-state index in [-0.39, 0.29) is 0 Å². The van der Waals surface area contributed by atoms with Crippen molar-refractivity contribution in [3.05, 3.63) is 30.3 Å². The fourth-order valence-corrected chi connectivity index (χ4v) is 2.16. The van der Waals surface area contributed by atoms with Crippen molar-refractivity contribution in [3.63, 3.8) is 0 Å². The van der Waals surface area contributed by atoms with Crippen molar-refractivity contribution in [2.24, 2.45) is 0 Å². The number of anilines is 1. The predicted octanol–water partition coefficient (Wildman–Crippen LogP) is 6.90. The molecule has 0 aromatic heterocycles. The normalized spacial score (nSPS) is 15.3. The lowest BCUT2D eigenvalue weighted by molar-refractivity contribution is -0.445. The largest absolute Gasteiger partial charge is 0.393 e. The van der Waals surface area contributed by atoms with E-state index in [2.05, 4.69) is 11.6 Å². The average molecular weight is 556 g/mol. The quantitative estimate of drug-likeness (QED) is 0.261. The summed E-state index contributed by atoms with van der Waals surface area (Å²) in [7, 11) is 0. The molecule has 19 heteroatoms. The molecule has 2 nitrogen and oxygen atoms in total. The van der Waals surface area contributed by atoms with Crippen LogP contribution in [-0.4, -0.2) is 52.7 Å². The highest BCUT2D eigenvalue weighted by Gasteiger charge is 2.95. The molecule has 0 fully saturated rings. The minimum atomic E-state index is -8.62. The average Bonchev–Trinajstić information content (AvgIpc) is 2.66. The lowest BCUT2D eigenvalue weighted by Gasteiger charge is -2.42. The molecule has 0 aliphatic carbocycles. The molecule has 0 atom stereocenters. The van der Waals surface area contributed by atoms with Crippen LogP contribution in [0, 0.1) is 0 Å². The Morgan fingerprint density at radius 1 is 0.559 bits per heavy atom. The Kier molecular flexibility index (Phi) is 7.23. The first kappa shape index (κ1) is 29.9. The number of carbonyl (C=O) groups is 1. The summed E-state index contributed by atoms with van der Waals surface area (Å²) >= 11 is 3.41. The molecule has 0 radical (unpaired) electrons. The van der Waals surface area contributed by atoms with Gasteiger partial charge >= 0.3 is 52.7 Å². The molecule has 1 aromatic carbocycles. The van der Waals surface area contributed by atoms with Crippen molar-refractivity contribution in [2.75, 3.05) is 5.32 Å². The molecule has 34 heavy (non-hydrogen) atoms. The number of nitrogens with one attached hydrogen (secondary N) is 1. The third kappa shape index (κ3) is 4.00. The number of amides is 1. The fourth-order valence-electron chi connectivity index (χ4n) is 2.04. The number of hydrogen-bond acceptors (Lipinski definition) is 1. The number of benzene rings is 1. The van der Waals surface area contributed by atoms with Gasteiger partial charge in [0.1, 0.15) is 0 Å². The molecule has 0 saturated heterocycles. The summed E-state index contributed by atoms with van der Waals surface area (Å²) in [6.45, 7) is 0. The molecule has 1 amide bonds. The van der Waals surface area contributed by atoms with Gasteiger partial charge in [-0.2, -0.15) is 70.2 Å². The summed E-state index contributed by atoms with van der Waals surface area (Å²) in [6.07, 6.45) is 0. The topological polar surface area (TPSA) is 29.1 Å². The van der Waals surface area contributed by atoms with Crippen LogP contribution in [0.2, 0.25) is 0 Å². The number of alkyl halides is 17. The van der Waals surface area contributed by atoms with Gasteiger partial charge in [-0.3, -0.25) is 4.79 Å². The highest BCUT2D eigenvalue weighted by Crippen LogP contribution is 2.64. The van der Waals surface area contributed by atoms with Gasteiger partial charge in [-0.05, 0) is 23.7 Å². The zero-order valence-electron chi connectivity index (χ0n) is 15.2. The van der Waals surface area contributed by atoms with Gasteiger partial charge < -0.3 is 5.32 Å². The molecule has 0 aliphatic heterocycles. The van der Waals surface area contributed by atoms with Crippen LogP contribution in [-0.2, 0) is 4.79 Å². The van der Waals surface area contributed by atoms with Gasteiger partial charge in [-0.25, -0.2) is 0 Å². The van der Waals surface area contributed by atoms with E-state index in [0.29, 0.717) is 12.1 Å². The molecule has 0 unspecified atom stereocenters. The monoisotopic (exact) mass is 555 g/mol. The second-order valence-electron chi connectivity index (χ2n) is 6.34. The van der Waals surface area contributed by atoms with Crippen LogP contribution in [0.15, 0.2) is 30.3 Å². The Balaban J connectivity index is 3.57. The van der Waals surface area contributed by atoms with Crippen LogP contribution < -0.4 is 5.32 Å². The SMILES string of the molecule is O=C(Nc1ccccc1)C(F)(F)C(F)(F)C(F)(F)C(F)(F)C(F)(F)C(F)(F)C(F)(F)C(F)(F)Cl. The van der Waals surface area contributed by atoms with Crippen LogP contribution in [0.3, 0.4) is 0 Å². The van der Waals surface area contributed by atoms with E-state index in [1.807, 2.05) is 0 Å². The molecule has 1 rings (SSSR count). The Morgan fingerprint density at radius 3 is 1.24 bits per heavy atom. The van der Waals surface area contributed by atoms with Crippen LogP contribution >= 0.6 is 11.6 Å². The Labute approximate surface area is 181 Å². The van der Waals surface area contributed by atoms with Crippen molar-refractivity contribution in [1.82, 2.24) is 0 Å². The summed E-state index contributed by atoms with van der Waals surface area (Å²) in [6, 6.07) is 4.32. The highest BCUT2D eigenvalue weighted by molar-refractivity contribution is 6.22. The molecule has 1 N–H and O–H groups in total. The first-order valence-corrected chi connectivity index (χ1v) is 8.21. The van der Waals surface area contributed by atoms with E-state index in [4.69, 9.17) is 0 Å². The summed E-state index contributed by atoms with van der Waals surface area (Å²) in [5.41, 5.74) is -0.862. The lowest BCUT2D eigenvalue weighted by atomic mass is 9.89. The maximum atomic E-state index is 13.7. The first-order chi connectivity index (χ1) is 14.7. The van der Waals surface area contributed by atoms with Gasteiger partial charge in [0.25, 0.3) is 0 Å². The van der Waals surface area contributed by atoms with Gasteiger partial charge in [0, 0.05) is 5.69 Å². The van der Waals surface area contributed by atoms with Crippen molar-refractivity contribution < 1.29 is 75.0 Å². The third-order valence-corrected chi connectivity index (χ3v) is 4.28. The van der Waals surface area contributed by atoms with Crippen LogP contribution in [0.4, 0.5) is 75.9 Å². The van der Waals surface area contributed by atoms with E-state index in [1.165, 1.54) is 0 Å². The number of halogens is 17. The zero-order chi connectivity index (χ0) is 27.4. The lowest BCUT2D eigenvalue weighted by Crippen LogP contribution is -2.75. The Morgan fingerprint density at radius 2 is 0.882 bits per heavy atom. The second kappa shape index (κ2) is 8.22. The summed E-state index contributed by atoms with van der Waals surface area (Å²) in [5, 5.41) is -6.05. The van der Waals surface area contributed by atoms with Crippen molar-refractivity contribution in [2.45, 2.75) is 46.8 Å². The molecule has 0 aliphatic rings. The Hall–Kier alpha value is -2.14. The summed E-state index contributed by atoms with van der Waals surface area (Å²) in [5.74, 6) is -60.4. The molecule has 0 saturated carbocycles. The predicted molar refractivity (Wildman–Crippen MR) is 80.5 cm³/mol. The van der Waals surface area contributed by atoms with E-state index in [9.17, 15) is 75.0 Å². The summed E-state index contributed by atoms with van der Waals surface area (Å²) in [4.78, 5) is 11.3. The van der Waals surface area contributed by atoms with Crippen molar-refractivity contribution in [3.8, 4) is 0 Å². The number of rotatable bonds is 9. The van der Waals surface area contributed by atoms with Gasteiger partial charge in [-0.15, -0.1) is 0 Å². The minimum absolute atomic E-state index is 0.655. The summed E-state index contributed by atoms with van der Waals surface area (Å²) < 4.78 is 213. The first-order valence-electron chi connectivity index (χ1n) is 7.83.